The van der Waals surface area contributed by atoms with Crippen LogP contribution in [0.15, 0.2) is 17.1 Å². The van der Waals surface area contributed by atoms with Crippen molar-refractivity contribution in [1.82, 2.24) is 0 Å². The quantitative estimate of drug-likeness (QED) is 0.706. The average molecular weight is 216 g/mol. The van der Waals surface area contributed by atoms with Crippen molar-refractivity contribution >= 4 is 29.4 Å². The van der Waals surface area contributed by atoms with Gasteiger partial charge in [-0.1, -0.05) is 23.2 Å². The molecule has 0 saturated carbocycles. The molecule has 2 nitrogen and oxygen atoms in total. The molecule has 68 valence electrons. The summed E-state index contributed by atoms with van der Waals surface area (Å²) in [7, 11) is 1.61. The van der Waals surface area contributed by atoms with Crippen LogP contribution in [0, 0.1) is 0 Å². The van der Waals surface area contributed by atoms with Crippen molar-refractivity contribution in [2.75, 3.05) is 7.11 Å². The number of benzene rings is 1. The molecule has 0 fully saturated rings. The largest absolute Gasteiger partial charge is 0.355 e. The number of hydrogen-bond donors (Lipinski definition) is 0. The molecule has 13 heavy (non-hydrogen) atoms. The Kier molecular flexibility index (Phi) is 2.28. The number of hydrogen-bond acceptors (Lipinski definition) is 2. The predicted octanol–water partition coefficient (Wildman–Crippen LogP) is 3.07. The van der Waals surface area contributed by atoms with E-state index in [-0.39, 0.29) is 6.23 Å². The van der Waals surface area contributed by atoms with Gasteiger partial charge in [0.1, 0.15) is 0 Å². The Bertz CT molecular complexity index is 376. The number of ether oxygens (including phenoxy) is 1. The van der Waals surface area contributed by atoms with E-state index in [0.29, 0.717) is 10.0 Å². The second-order valence-corrected chi connectivity index (χ2v) is 3.58. The van der Waals surface area contributed by atoms with Crippen molar-refractivity contribution in [2.24, 2.45) is 4.99 Å². The Morgan fingerprint density at radius 1 is 1.31 bits per heavy atom. The third-order valence-electron chi connectivity index (χ3n) is 1.96. The van der Waals surface area contributed by atoms with Crippen molar-refractivity contribution in [3.8, 4) is 0 Å². The highest BCUT2D eigenvalue weighted by atomic mass is 35.5. The second-order valence-electron chi connectivity index (χ2n) is 2.76. The van der Waals surface area contributed by atoms with Gasteiger partial charge >= 0.3 is 0 Å². The van der Waals surface area contributed by atoms with E-state index >= 15 is 0 Å². The molecule has 0 N–H and O–H groups in total. The van der Waals surface area contributed by atoms with Gasteiger partial charge in [-0.2, -0.15) is 0 Å². The van der Waals surface area contributed by atoms with E-state index in [2.05, 4.69) is 4.99 Å². The Hall–Kier alpha value is -0.570. The fourth-order valence-corrected chi connectivity index (χ4v) is 1.66. The van der Waals surface area contributed by atoms with E-state index in [0.717, 1.165) is 11.1 Å². The van der Waals surface area contributed by atoms with Crippen LogP contribution in [0.5, 0.6) is 0 Å². The van der Waals surface area contributed by atoms with Crippen molar-refractivity contribution in [1.29, 1.82) is 0 Å². The summed E-state index contributed by atoms with van der Waals surface area (Å²) in [5, 5.41) is 1.08. The summed E-state index contributed by atoms with van der Waals surface area (Å²) >= 11 is 11.7. The molecule has 0 saturated heterocycles. The van der Waals surface area contributed by atoms with Crippen LogP contribution in [0.1, 0.15) is 17.4 Å². The first kappa shape index (κ1) is 9.00. The lowest BCUT2D eigenvalue weighted by molar-refractivity contribution is 0.114. The van der Waals surface area contributed by atoms with Crippen molar-refractivity contribution in [2.45, 2.75) is 6.23 Å². The number of aliphatic imine (C=N–C) groups is 1. The third-order valence-corrected chi connectivity index (χ3v) is 2.69. The van der Waals surface area contributed by atoms with Gasteiger partial charge in [0.15, 0.2) is 6.23 Å². The fourth-order valence-electron chi connectivity index (χ4n) is 1.32. The summed E-state index contributed by atoms with van der Waals surface area (Å²) in [5.41, 5.74) is 1.94. The average Bonchev–Trinajstić information content (AvgIpc) is 2.48. The fraction of sp³-hybridized carbons (Fsp3) is 0.222. The molecule has 1 aliphatic rings. The minimum Gasteiger partial charge on any atom is -0.355 e. The van der Waals surface area contributed by atoms with Gasteiger partial charge in [0.25, 0.3) is 0 Å². The second kappa shape index (κ2) is 3.29. The van der Waals surface area contributed by atoms with Crippen LogP contribution in [-0.2, 0) is 4.74 Å². The standard InChI is InChI=1S/C9H7Cl2NO/c1-13-9-6-3-8(11)7(10)2-5(6)4-12-9/h2-4,9H,1H3. The van der Waals surface area contributed by atoms with Gasteiger partial charge in [-0.25, -0.2) is 0 Å². The smallest absolute Gasteiger partial charge is 0.174 e. The maximum Gasteiger partial charge on any atom is 0.174 e. The highest BCUT2D eigenvalue weighted by molar-refractivity contribution is 6.42. The summed E-state index contributed by atoms with van der Waals surface area (Å²) in [5.74, 6) is 0. The topological polar surface area (TPSA) is 21.6 Å². The summed E-state index contributed by atoms with van der Waals surface area (Å²) in [6.45, 7) is 0. The Morgan fingerprint density at radius 3 is 2.69 bits per heavy atom. The van der Waals surface area contributed by atoms with Gasteiger partial charge in [-0.3, -0.25) is 4.99 Å². The minimum absolute atomic E-state index is 0.232. The molecule has 1 unspecified atom stereocenters. The van der Waals surface area contributed by atoms with E-state index in [1.807, 2.05) is 0 Å². The molecule has 0 amide bonds. The van der Waals surface area contributed by atoms with Crippen LogP contribution in [0.3, 0.4) is 0 Å². The number of fused-ring (bicyclic) bond motifs is 1. The molecular weight excluding hydrogens is 209 g/mol. The van der Waals surface area contributed by atoms with Gasteiger partial charge < -0.3 is 4.74 Å². The maximum atomic E-state index is 5.87. The summed E-state index contributed by atoms with van der Waals surface area (Å²) in [6, 6.07) is 3.59. The molecule has 4 heteroatoms. The van der Waals surface area contributed by atoms with Crippen molar-refractivity contribution < 1.29 is 4.74 Å². The van der Waals surface area contributed by atoms with Crippen LogP contribution in [0.4, 0.5) is 0 Å². The molecule has 1 aliphatic heterocycles. The highest BCUT2D eigenvalue weighted by Gasteiger charge is 2.19. The maximum absolute atomic E-state index is 5.87. The zero-order valence-corrected chi connectivity index (χ0v) is 8.43. The molecule has 1 heterocycles. The van der Waals surface area contributed by atoms with E-state index in [4.69, 9.17) is 27.9 Å². The van der Waals surface area contributed by atoms with Crippen LogP contribution >= 0.6 is 23.2 Å². The Labute approximate surface area is 86.1 Å². The molecule has 2 rings (SSSR count). The SMILES string of the molecule is COC1N=Cc2cc(Cl)c(Cl)cc21. The van der Waals surface area contributed by atoms with Gasteiger partial charge in [-0.15, -0.1) is 0 Å². The van der Waals surface area contributed by atoms with Crippen LogP contribution in [-0.4, -0.2) is 13.3 Å². The van der Waals surface area contributed by atoms with E-state index in [9.17, 15) is 0 Å². The van der Waals surface area contributed by atoms with E-state index in [1.165, 1.54) is 0 Å². The molecule has 1 aromatic rings. The number of rotatable bonds is 1. The molecule has 1 atom stereocenters. The summed E-state index contributed by atoms with van der Waals surface area (Å²) in [6.07, 6.45) is 1.51. The molecule has 0 bridgehead atoms. The number of nitrogens with zero attached hydrogens (tertiary/aromatic N) is 1. The predicted molar refractivity (Wildman–Crippen MR) is 53.8 cm³/mol. The molecular formula is C9H7Cl2NO. The molecule has 1 aromatic carbocycles. The van der Waals surface area contributed by atoms with Gasteiger partial charge in [0.2, 0.25) is 0 Å². The first-order valence-corrected chi connectivity index (χ1v) is 4.53. The molecule has 0 aliphatic carbocycles. The van der Waals surface area contributed by atoms with Crippen LogP contribution in [0.2, 0.25) is 10.0 Å². The van der Waals surface area contributed by atoms with E-state index in [1.54, 1.807) is 25.5 Å². The lowest BCUT2D eigenvalue weighted by Crippen LogP contribution is -1.95. The van der Waals surface area contributed by atoms with Crippen LogP contribution < -0.4 is 0 Å². The first-order chi connectivity index (χ1) is 6.22. The molecule has 0 spiro atoms. The monoisotopic (exact) mass is 215 g/mol. The van der Waals surface area contributed by atoms with E-state index < -0.39 is 0 Å². The lowest BCUT2D eigenvalue weighted by Gasteiger charge is -2.07. The summed E-state index contributed by atoms with van der Waals surface area (Å²) in [4.78, 5) is 4.14. The van der Waals surface area contributed by atoms with Crippen molar-refractivity contribution in [3.05, 3.63) is 33.3 Å². The minimum atomic E-state index is -0.232. The highest BCUT2D eigenvalue weighted by Crippen LogP contribution is 2.33. The summed E-state index contributed by atoms with van der Waals surface area (Å²) < 4.78 is 5.13. The number of methoxy groups -OCH3 is 1. The normalized spacial score (nSPS) is 19.2. The van der Waals surface area contributed by atoms with Gasteiger partial charge in [-0.05, 0) is 12.1 Å². The lowest BCUT2D eigenvalue weighted by atomic mass is 10.1. The van der Waals surface area contributed by atoms with Crippen LogP contribution in [0.25, 0.3) is 0 Å². The van der Waals surface area contributed by atoms with Crippen molar-refractivity contribution in [3.63, 3.8) is 0 Å². The molecule has 0 aromatic heterocycles. The Morgan fingerprint density at radius 2 is 2.00 bits per heavy atom. The van der Waals surface area contributed by atoms with Gasteiger partial charge in [0.05, 0.1) is 10.0 Å². The number of halogens is 2. The first-order valence-electron chi connectivity index (χ1n) is 3.77. The zero-order chi connectivity index (χ0) is 9.42. The van der Waals surface area contributed by atoms with Gasteiger partial charge in [0, 0.05) is 24.5 Å². The molecule has 0 radical (unpaired) electrons. The Balaban J connectivity index is 2.52. The third kappa shape index (κ3) is 1.46. The zero-order valence-electron chi connectivity index (χ0n) is 6.92.